The Balaban J connectivity index is 1.81. The molecule has 2 rings (SSSR count). The van der Waals surface area contributed by atoms with Crippen molar-refractivity contribution in [2.24, 2.45) is 5.92 Å². The molecule has 0 amide bonds. The summed E-state index contributed by atoms with van der Waals surface area (Å²) < 4.78 is 10.5. The highest BCUT2D eigenvalue weighted by Gasteiger charge is 2.26. The van der Waals surface area contributed by atoms with Crippen LogP contribution in [0, 0.1) is 5.92 Å². The van der Waals surface area contributed by atoms with Gasteiger partial charge in [0.05, 0.1) is 12.5 Å². The van der Waals surface area contributed by atoms with Gasteiger partial charge in [-0.2, -0.15) is 0 Å². The van der Waals surface area contributed by atoms with Crippen molar-refractivity contribution in [3.63, 3.8) is 0 Å². The lowest BCUT2D eigenvalue weighted by molar-refractivity contribution is -0.154. The monoisotopic (exact) mass is 361 g/mol. The highest BCUT2D eigenvalue weighted by atomic mass is 16.6. The molecule has 0 atom stereocenters. The molecule has 0 N–H and O–H groups in total. The number of piperidine rings is 1. The third-order valence-corrected chi connectivity index (χ3v) is 4.45. The van der Waals surface area contributed by atoms with Crippen molar-refractivity contribution in [2.45, 2.75) is 59.0 Å². The second kappa shape index (κ2) is 9.06. The van der Waals surface area contributed by atoms with Crippen LogP contribution in [0.3, 0.4) is 0 Å². The normalized spacial score (nSPS) is 15.6. The Morgan fingerprint density at radius 3 is 2.27 bits per heavy atom. The predicted molar refractivity (Wildman–Crippen MR) is 102 cm³/mol. The number of esters is 2. The van der Waals surface area contributed by atoms with Gasteiger partial charge in [0, 0.05) is 25.2 Å². The zero-order valence-electron chi connectivity index (χ0n) is 16.4. The van der Waals surface area contributed by atoms with Crippen molar-refractivity contribution in [2.75, 3.05) is 24.6 Å². The number of ether oxygens (including phenoxy) is 2. The summed E-state index contributed by atoms with van der Waals surface area (Å²) in [5.41, 5.74) is 1.85. The minimum absolute atomic E-state index is 0.0271. The standard InChI is InChI=1S/C21H31NO4/c1-5-25-20(24)17-12-14-22(15-13-17)18-9-6-16(7-10-18)8-11-19(23)26-21(2,3)4/h6-7,9-10,17H,5,8,11-15H2,1-4H3. The number of rotatable bonds is 6. The molecular weight excluding hydrogens is 330 g/mol. The molecule has 0 aliphatic carbocycles. The van der Waals surface area contributed by atoms with Crippen molar-refractivity contribution in [3.05, 3.63) is 29.8 Å². The van der Waals surface area contributed by atoms with Crippen LogP contribution in [0.1, 0.15) is 52.5 Å². The Morgan fingerprint density at radius 1 is 1.12 bits per heavy atom. The number of carbonyl (C=O) groups is 2. The number of benzene rings is 1. The molecule has 0 aromatic heterocycles. The van der Waals surface area contributed by atoms with E-state index in [1.165, 1.54) is 0 Å². The minimum Gasteiger partial charge on any atom is -0.466 e. The van der Waals surface area contributed by atoms with Gasteiger partial charge < -0.3 is 14.4 Å². The summed E-state index contributed by atoms with van der Waals surface area (Å²) in [6.07, 6.45) is 2.74. The zero-order chi connectivity index (χ0) is 19.2. The summed E-state index contributed by atoms with van der Waals surface area (Å²) in [6.45, 7) is 9.66. The van der Waals surface area contributed by atoms with Gasteiger partial charge in [0.2, 0.25) is 0 Å². The molecule has 0 bridgehead atoms. The smallest absolute Gasteiger partial charge is 0.309 e. The van der Waals surface area contributed by atoms with E-state index >= 15 is 0 Å². The molecule has 1 aromatic rings. The van der Waals surface area contributed by atoms with E-state index in [2.05, 4.69) is 29.2 Å². The highest BCUT2D eigenvalue weighted by molar-refractivity contribution is 5.73. The number of anilines is 1. The third-order valence-electron chi connectivity index (χ3n) is 4.45. The van der Waals surface area contributed by atoms with Gasteiger partial charge in [-0.1, -0.05) is 12.1 Å². The first-order chi connectivity index (χ1) is 12.3. The molecule has 1 aliphatic rings. The van der Waals surface area contributed by atoms with Crippen LogP contribution in [-0.2, 0) is 25.5 Å². The zero-order valence-corrected chi connectivity index (χ0v) is 16.4. The molecule has 0 spiro atoms. The second-order valence-electron chi connectivity index (χ2n) is 7.77. The fourth-order valence-electron chi connectivity index (χ4n) is 3.15. The summed E-state index contributed by atoms with van der Waals surface area (Å²) in [5, 5.41) is 0. The second-order valence-corrected chi connectivity index (χ2v) is 7.77. The fourth-order valence-corrected chi connectivity index (χ4v) is 3.15. The molecule has 5 heteroatoms. The molecule has 1 aliphatic heterocycles. The van der Waals surface area contributed by atoms with Gasteiger partial charge in [-0.25, -0.2) is 0 Å². The maximum absolute atomic E-state index is 11.8. The van der Waals surface area contributed by atoms with Gasteiger partial charge in [-0.15, -0.1) is 0 Å². The maximum Gasteiger partial charge on any atom is 0.309 e. The first kappa shape index (κ1) is 20.3. The third kappa shape index (κ3) is 6.36. The maximum atomic E-state index is 11.8. The highest BCUT2D eigenvalue weighted by Crippen LogP contribution is 2.24. The van der Waals surface area contributed by atoms with Crippen LogP contribution in [0.4, 0.5) is 5.69 Å². The van der Waals surface area contributed by atoms with E-state index in [1.54, 1.807) is 0 Å². The summed E-state index contributed by atoms with van der Waals surface area (Å²) in [7, 11) is 0. The van der Waals surface area contributed by atoms with Crippen molar-refractivity contribution < 1.29 is 19.1 Å². The fraction of sp³-hybridized carbons (Fsp3) is 0.619. The average molecular weight is 361 g/mol. The molecule has 1 saturated heterocycles. The molecular formula is C21H31NO4. The van der Waals surface area contributed by atoms with E-state index < -0.39 is 5.60 Å². The van der Waals surface area contributed by atoms with Crippen molar-refractivity contribution in [1.82, 2.24) is 0 Å². The first-order valence-corrected chi connectivity index (χ1v) is 9.51. The molecule has 1 fully saturated rings. The van der Waals surface area contributed by atoms with Crippen LogP contribution < -0.4 is 4.90 Å². The van der Waals surface area contributed by atoms with Gasteiger partial charge in [-0.05, 0) is 64.7 Å². The largest absolute Gasteiger partial charge is 0.466 e. The predicted octanol–water partition coefficient (Wildman–Crippen LogP) is 3.74. The van der Waals surface area contributed by atoms with Crippen molar-refractivity contribution in [3.8, 4) is 0 Å². The number of hydrogen-bond donors (Lipinski definition) is 0. The first-order valence-electron chi connectivity index (χ1n) is 9.51. The summed E-state index contributed by atoms with van der Waals surface area (Å²) in [5.74, 6) is -0.202. The Morgan fingerprint density at radius 2 is 1.73 bits per heavy atom. The quantitative estimate of drug-likeness (QED) is 0.723. The molecule has 144 valence electrons. The van der Waals surface area contributed by atoms with Crippen LogP contribution in [0.25, 0.3) is 0 Å². The van der Waals surface area contributed by atoms with Crippen LogP contribution >= 0.6 is 0 Å². The van der Waals surface area contributed by atoms with E-state index in [0.29, 0.717) is 19.4 Å². The van der Waals surface area contributed by atoms with Crippen LogP contribution in [0.15, 0.2) is 24.3 Å². The van der Waals surface area contributed by atoms with Crippen LogP contribution in [0.5, 0.6) is 0 Å². The van der Waals surface area contributed by atoms with Gasteiger partial charge in [0.15, 0.2) is 0 Å². The van der Waals surface area contributed by atoms with Gasteiger partial charge in [0.1, 0.15) is 5.60 Å². The van der Waals surface area contributed by atoms with E-state index in [1.807, 2.05) is 27.7 Å². The number of carbonyl (C=O) groups excluding carboxylic acids is 2. The lowest BCUT2D eigenvalue weighted by Gasteiger charge is -2.32. The van der Waals surface area contributed by atoms with E-state index in [9.17, 15) is 9.59 Å². The van der Waals surface area contributed by atoms with E-state index in [-0.39, 0.29) is 17.9 Å². The van der Waals surface area contributed by atoms with Crippen LogP contribution in [0.2, 0.25) is 0 Å². The molecule has 0 saturated carbocycles. The number of hydrogen-bond acceptors (Lipinski definition) is 5. The van der Waals surface area contributed by atoms with Gasteiger partial charge in [0.25, 0.3) is 0 Å². The van der Waals surface area contributed by atoms with Gasteiger partial charge >= 0.3 is 11.9 Å². The molecule has 5 nitrogen and oxygen atoms in total. The summed E-state index contributed by atoms with van der Waals surface area (Å²) in [4.78, 5) is 25.9. The molecule has 26 heavy (non-hydrogen) atoms. The molecule has 1 heterocycles. The van der Waals surface area contributed by atoms with E-state index in [4.69, 9.17) is 9.47 Å². The topological polar surface area (TPSA) is 55.8 Å². The minimum atomic E-state index is -0.434. The summed E-state index contributed by atoms with van der Waals surface area (Å²) in [6, 6.07) is 8.32. The Hall–Kier alpha value is -2.04. The molecule has 0 unspecified atom stereocenters. The summed E-state index contributed by atoms with van der Waals surface area (Å²) >= 11 is 0. The number of aryl methyl sites for hydroxylation is 1. The Kier molecular flexibility index (Phi) is 7.06. The average Bonchev–Trinajstić information content (AvgIpc) is 2.59. The lowest BCUT2D eigenvalue weighted by atomic mass is 9.96. The molecule has 1 aromatic carbocycles. The van der Waals surface area contributed by atoms with Crippen molar-refractivity contribution in [1.29, 1.82) is 0 Å². The van der Waals surface area contributed by atoms with Gasteiger partial charge in [-0.3, -0.25) is 9.59 Å². The Labute approximate surface area is 156 Å². The Bertz CT molecular complexity index is 595. The SMILES string of the molecule is CCOC(=O)C1CCN(c2ccc(CCC(=O)OC(C)(C)C)cc2)CC1. The number of nitrogens with zero attached hydrogens (tertiary/aromatic N) is 1. The van der Waals surface area contributed by atoms with Crippen LogP contribution in [-0.4, -0.2) is 37.2 Å². The lowest BCUT2D eigenvalue weighted by Crippen LogP contribution is -2.36. The van der Waals surface area contributed by atoms with E-state index in [0.717, 1.165) is 37.2 Å². The van der Waals surface area contributed by atoms with Crippen molar-refractivity contribution >= 4 is 17.6 Å². The molecule has 0 radical (unpaired) electrons.